The van der Waals surface area contributed by atoms with E-state index in [9.17, 15) is 0 Å². The van der Waals surface area contributed by atoms with Gasteiger partial charge in [0.05, 0.1) is 16.9 Å². The molecular weight excluding hydrogens is 623 g/mol. The summed E-state index contributed by atoms with van der Waals surface area (Å²) in [6, 6.07) is 57.2. The van der Waals surface area contributed by atoms with Gasteiger partial charge in [-0.05, 0) is 50.5 Å². The zero-order valence-electron chi connectivity index (χ0n) is 27.3. The van der Waals surface area contributed by atoms with Gasteiger partial charge < -0.3 is 4.42 Å². The molecule has 0 amide bonds. The molecule has 0 spiro atoms. The second kappa shape index (κ2) is 10.8. The maximum Gasteiger partial charge on any atom is 0.162 e. The number of furan rings is 1. The summed E-state index contributed by atoms with van der Waals surface area (Å²) in [6.45, 7) is 0. The first-order valence-corrected chi connectivity index (χ1v) is 17.2. The van der Waals surface area contributed by atoms with Gasteiger partial charge in [-0.1, -0.05) is 146 Å². The first kappa shape index (κ1) is 28.0. The van der Waals surface area contributed by atoms with Crippen LogP contribution in [0.5, 0.6) is 0 Å². The first-order valence-electron chi connectivity index (χ1n) is 17.2. The molecule has 0 aliphatic heterocycles. The maximum atomic E-state index is 6.48. The molecule has 0 bridgehead atoms. The smallest absolute Gasteiger partial charge is 0.162 e. The summed E-state index contributed by atoms with van der Waals surface area (Å²) in [4.78, 5) is 15.5. The van der Waals surface area contributed by atoms with Gasteiger partial charge in [0.1, 0.15) is 11.3 Å². The molecule has 3 aromatic heterocycles. The summed E-state index contributed by atoms with van der Waals surface area (Å²) in [7, 11) is 0. The molecule has 0 fully saturated rings. The minimum atomic E-state index is 0.693. The fourth-order valence-corrected chi connectivity index (χ4v) is 7.84. The molecule has 11 aromatic rings. The largest absolute Gasteiger partial charge is 0.454 e. The van der Waals surface area contributed by atoms with Crippen molar-refractivity contribution in [2.24, 2.45) is 0 Å². The topological polar surface area (TPSA) is 51.8 Å². The van der Waals surface area contributed by atoms with Crippen LogP contribution < -0.4 is 0 Å². The van der Waals surface area contributed by atoms with Crippen molar-refractivity contribution in [3.05, 3.63) is 164 Å². The van der Waals surface area contributed by atoms with Gasteiger partial charge in [0.2, 0.25) is 0 Å². The Hall–Kier alpha value is -6.91. The van der Waals surface area contributed by atoms with Crippen LogP contribution in [-0.2, 0) is 0 Å². The lowest BCUT2D eigenvalue weighted by Gasteiger charge is -2.15. The lowest BCUT2D eigenvalue weighted by Crippen LogP contribution is -1.97. The zero-order valence-corrected chi connectivity index (χ0v) is 27.3. The first-order chi connectivity index (χ1) is 25.3. The van der Waals surface area contributed by atoms with Crippen LogP contribution in [0.1, 0.15) is 0 Å². The van der Waals surface area contributed by atoms with Crippen molar-refractivity contribution in [2.75, 3.05) is 0 Å². The normalized spacial score (nSPS) is 11.9. The Balaban J connectivity index is 1.09. The number of benzene rings is 8. The van der Waals surface area contributed by atoms with Gasteiger partial charge in [-0.15, -0.1) is 0 Å². The van der Waals surface area contributed by atoms with Gasteiger partial charge in [-0.25, -0.2) is 15.0 Å². The Morgan fingerprint density at radius 2 is 1.06 bits per heavy atom. The molecule has 0 radical (unpaired) electrons. The number of para-hydroxylation sites is 2. The molecule has 3 heterocycles. The quantitative estimate of drug-likeness (QED) is 0.178. The van der Waals surface area contributed by atoms with E-state index in [1.165, 1.54) is 32.3 Å². The van der Waals surface area contributed by atoms with Crippen LogP contribution in [0.25, 0.3) is 110 Å². The number of nitrogens with zero attached hydrogens (tertiary/aromatic N) is 3. The van der Waals surface area contributed by atoms with E-state index >= 15 is 0 Å². The van der Waals surface area contributed by atoms with Crippen molar-refractivity contribution < 1.29 is 4.42 Å². The van der Waals surface area contributed by atoms with Gasteiger partial charge in [0.15, 0.2) is 11.4 Å². The standard InChI is InChI=1S/C47H27N3O/c1-2-9-33(10-3-1)47-49-39(27-40(50-47)34-25-23-31-20-19-29-11-8-12-30-24-26-35(34)43(31)42(29)30)28-17-21-32(22-18-28)45-46-44(36-13-4-6-15-38(36)48-45)37-14-5-7-16-41(37)51-46/h1-27H. The third kappa shape index (κ3) is 4.30. The predicted octanol–water partition coefficient (Wildman–Crippen LogP) is 12.5. The Morgan fingerprint density at radius 3 is 1.90 bits per heavy atom. The van der Waals surface area contributed by atoms with Crippen molar-refractivity contribution in [3.8, 4) is 45.2 Å². The number of hydrogen-bond acceptors (Lipinski definition) is 4. The van der Waals surface area contributed by atoms with E-state index in [-0.39, 0.29) is 0 Å². The van der Waals surface area contributed by atoms with Crippen molar-refractivity contribution >= 4 is 65.2 Å². The van der Waals surface area contributed by atoms with E-state index in [0.717, 1.165) is 72.2 Å². The van der Waals surface area contributed by atoms with E-state index in [2.05, 4.69) is 127 Å². The van der Waals surface area contributed by atoms with Crippen LogP contribution >= 0.6 is 0 Å². The molecule has 236 valence electrons. The minimum absolute atomic E-state index is 0.693. The van der Waals surface area contributed by atoms with Gasteiger partial charge in [0, 0.05) is 38.4 Å². The summed E-state index contributed by atoms with van der Waals surface area (Å²) in [5.74, 6) is 0.693. The highest BCUT2D eigenvalue weighted by atomic mass is 16.3. The molecule has 0 saturated heterocycles. The third-order valence-corrected chi connectivity index (χ3v) is 10.2. The lowest BCUT2D eigenvalue weighted by molar-refractivity contribution is 0.669. The van der Waals surface area contributed by atoms with E-state index in [4.69, 9.17) is 19.4 Å². The predicted molar refractivity (Wildman–Crippen MR) is 210 cm³/mol. The van der Waals surface area contributed by atoms with Crippen molar-refractivity contribution in [3.63, 3.8) is 0 Å². The summed E-state index contributed by atoms with van der Waals surface area (Å²) in [6.07, 6.45) is 0. The highest BCUT2D eigenvalue weighted by Crippen LogP contribution is 2.41. The molecule has 0 unspecified atom stereocenters. The average Bonchev–Trinajstić information content (AvgIpc) is 3.60. The Labute approximate surface area is 292 Å². The van der Waals surface area contributed by atoms with Crippen molar-refractivity contribution in [1.29, 1.82) is 0 Å². The summed E-state index contributed by atoms with van der Waals surface area (Å²) >= 11 is 0. The number of fused-ring (bicyclic) bond motifs is 5. The van der Waals surface area contributed by atoms with Crippen LogP contribution in [0.4, 0.5) is 0 Å². The average molecular weight is 650 g/mol. The molecule has 0 N–H and O–H groups in total. The van der Waals surface area contributed by atoms with Crippen molar-refractivity contribution in [1.82, 2.24) is 15.0 Å². The number of rotatable bonds is 4. The molecule has 0 atom stereocenters. The fraction of sp³-hybridized carbons (Fsp3) is 0. The van der Waals surface area contributed by atoms with Gasteiger partial charge in [-0.3, -0.25) is 0 Å². The molecule has 8 aromatic carbocycles. The molecule has 11 rings (SSSR count). The van der Waals surface area contributed by atoms with Gasteiger partial charge >= 0.3 is 0 Å². The summed E-state index contributed by atoms with van der Waals surface area (Å²) in [5.41, 5.74) is 9.22. The highest BCUT2D eigenvalue weighted by Gasteiger charge is 2.19. The second-order valence-electron chi connectivity index (χ2n) is 13.2. The Morgan fingerprint density at radius 1 is 0.392 bits per heavy atom. The summed E-state index contributed by atoms with van der Waals surface area (Å²) < 4.78 is 6.48. The molecule has 0 saturated carbocycles. The molecule has 4 heteroatoms. The molecule has 4 nitrogen and oxygen atoms in total. The molecule has 0 aliphatic rings. The monoisotopic (exact) mass is 649 g/mol. The number of hydrogen-bond donors (Lipinski definition) is 0. The maximum absolute atomic E-state index is 6.48. The number of aromatic nitrogens is 3. The van der Waals surface area contributed by atoms with E-state index in [1.807, 2.05) is 36.4 Å². The van der Waals surface area contributed by atoms with Gasteiger partial charge in [0.25, 0.3) is 0 Å². The van der Waals surface area contributed by atoms with Crippen LogP contribution in [0, 0.1) is 0 Å². The minimum Gasteiger partial charge on any atom is -0.454 e. The van der Waals surface area contributed by atoms with Crippen LogP contribution in [0.2, 0.25) is 0 Å². The van der Waals surface area contributed by atoms with E-state index < -0.39 is 0 Å². The SMILES string of the molecule is c1ccc(-c2nc(-c3ccc(-c4nc5ccccc5c5c4oc4ccccc45)cc3)cc(-c3ccc4ccc5cccc6ccc3c4c56)n2)cc1. The second-order valence-corrected chi connectivity index (χ2v) is 13.2. The van der Waals surface area contributed by atoms with E-state index in [1.54, 1.807) is 0 Å². The Bertz CT molecular complexity index is 3110. The fourth-order valence-electron chi connectivity index (χ4n) is 7.84. The van der Waals surface area contributed by atoms with Crippen LogP contribution in [0.15, 0.2) is 168 Å². The number of pyridine rings is 1. The highest BCUT2D eigenvalue weighted by molar-refractivity contribution is 6.25. The molecule has 51 heavy (non-hydrogen) atoms. The van der Waals surface area contributed by atoms with Crippen molar-refractivity contribution in [2.45, 2.75) is 0 Å². The van der Waals surface area contributed by atoms with Gasteiger partial charge in [-0.2, -0.15) is 0 Å². The molecule has 0 aliphatic carbocycles. The van der Waals surface area contributed by atoms with Crippen LogP contribution in [0.3, 0.4) is 0 Å². The summed E-state index contributed by atoms with van der Waals surface area (Å²) in [5, 5.41) is 10.8. The lowest BCUT2D eigenvalue weighted by atomic mass is 9.91. The third-order valence-electron chi connectivity index (χ3n) is 10.2. The Kier molecular flexibility index (Phi) is 5.92. The zero-order chi connectivity index (χ0) is 33.5. The van der Waals surface area contributed by atoms with E-state index in [0.29, 0.717) is 5.82 Å². The van der Waals surface area contributed by atoms with Crippen LogP contribution in [-0.4, -0.2) is 15.0 Å². The molecular formula is C47H27N3O.